The molecule has 78 valence electrons. The number of nitrogens with zero attached hydrogens (tertiary/aromatic N) is 2. The average Bonchev–Trinajstić information content (AvgIpc) is 2.89. The fourth-order valence-electron chi connectivity index (χ4n) is 1.53. The van der Waals surface area contributed by atoms with Gasteiger partial charge in [-0.05, 0) is 25.3 Å². The molecule has 1 N–H and O–H groups in total. The molecule has 0 aromatic carbocycles. The first-order valence-corrected chi connectivity index (χ1v) is 5.34. The van der Waals surface area contributed by atoms with E-state index in [1.54, 1.807) is 0 Å². The standard InChI is InChI=1S/C10H17N3O/c1-8-12-13-10(14-8)7-11-6-2-3-9-4-5-9/h9,11H,2-7H2,1H3. The van der Waals surface area contributed by atoms with Crippen LogP contribution in [0.15, 0.2) is 4.42 Å². The van der Waals surface area contributed by atoms with Crippen molar-refractivity contribution in [1.82, 2.24) is 15.5 Å². The first-order chi connectivity index (χ1) is 6.84. The lowest BCUT2D eigenvalue weighted by molar-refractivity contribution is 0.443. The topological polar surface area (TPSA) is 51.0 Å². The van der Waals surface area contributed by atoms with E-state index in [1.807, 2.05) is 6.92 Å². The SMILES string of the molecule is Cc1nnc(CNCCCC2CC2)o1. The highest BCUT2D eigenvalue weighted by atomic mass is 16.4. The summed E-state index contributed by atoms with van der Waals surface area (Å²) < 4.78 is 5.24. The van der Waals surface area contributed by atoms with Gasteiger partial charge in [0.05, 0.1) is 6.54 Å². The van der Waals surface area contributed by atoms with Gasteiger partial charge in [-0.2, -0.15) is 0 Å². The van der Waals surface area contributed by atoms with Crippen LogP contribution in [0, 0.1) is 12.8 Å². The maximum Gasteiger partial charge on any atom is 0.230 e. The third-order valence-corrected chi connectivity index (χ3v) is 2.51. The summed E-state index contributed by atoms with van der Waals surface area (Å²) in [6.45, 7) is 3.56. The van der Waals surface area contributed by atoms with Crippen LogP contribution in [0.25, 0.3) is 0 Å². The van der Waals surface area contributed by atoms with E-state index in [0.29, 0.717) is 18.3 Å². The molecule has 14 heavy (non-hydrogen) atoms. The van der Waals surface area contributed by atoms with E-state index in [-0.39, 0.29) is 0 Å². The van der Waals surface area contributed by atoms with Crippen molar-refractivity contribution in [3.8, 4) is 0 Å². The van der Waals surface area contributed by atoms with Gasteiger partial charge in [-0.15, -0.1) is 10.2 Å². The van der Waals surface area contributed by atoms with Crippen LogP contribution < -0.4 is 5.32 Å². The van der Waals surface area contributed by atoms with Crippen LogP contribution in [-0.4, -0.2) is 16.7 Å². The van der Waals surface area contributed by atoms with Gasteiger partial charge in [-0.1, -0.05) is 12.8 Å². The molecule has 1 aliphatic carbocycles. The zero-order chi connectivity index (χ0) is 9.80. The van der Waals surface area contributed by atoms with Crippen molar-refractivity contribution < 1.29 is 4.42 Å². The molecule has 4 nitrogen and oxygen atoms in total. The van der Waals surface area contributed by atoms with Crippen LogP contribution in [0.2, 0.25) is 0 Å². The minimum atomic E-state index is 0.639. The summed E-state index contributed by atoms with van der Waals surface area (Å²) >= 11 is 0. The first kappa shape index (κ1) is 9.65. The summed E-state index contributed by atoms with van der Waals surface area (Å²) in [5.41, 5.74) is 0. The van der Waals surface area contributed by atoms with Crippen LogP contribution >= 0.6 is 0 Å². The molecule has 0 aliphatic heterocycles. The number of hydrogen-bond acceptors (Lipinski definition) is 4. The maximum absolute atomic E-state index is 5.24. The molecule has 4 heteroatoms. The molecule has 0 atom stereocenters. The second-order valence-corrected chi connectivity index (χ2v) is 3.98. The molecular weight excluding hydrogens is 178 g/mol. The van der Waals surface area contributed by atoms with Crippen molar-refractivity contribution >= 4 is 0 Å². The van der Waals surface area contributed by atoms with Crippen LogP contribution in [0.4, 0.5) is 0 Å². The smallest absolute Gasteiger partial charge is 0.230 e. The second-order valence-electron chi connectivity index (χ2n) is 3.98. The van der Waals surface area contributed by atoms with E-state index in [0.717, 1.165) is 12.5 Å². The van der Waals surface area contributed by atoms with E-state index in [1.165, 1.54) is 25.7 Å². The third kappa shape index (κ3) is 3.10. The highest BCUT2D eigenvalue weighted by molar-refractivity contribution is 4.78. The molecule has 0 radical (unpaired) electrons. The number of nitrogens with one attached hydrogen (secondary N) is 1. The maximum atomic E-state index is 5.24. The Morgan fingerprint density at radius 3 is 2.93 bits per heavy atom. The number of rotatable bonds is 6. The van der Waals surface area contributed by atoms with Gasteiger partial charge in [-0.3, -0.25) is 0 Å². The molecule has 2 rings (SSSR count). The summed E-state index contributed by atoms with van der Waals surface area (Å²) in [6.07, 6.45) is 5.53. The van der Waals surface area contributed by atoms with Gasteiger partial charge < -0.3 is 9.73 Å². The largest absolute Gasteiger partial charge is 0.424 e. The van der Waals surface area contributed by atoms with Gasteiger partial charge in [0, 0.05) is 6.92 Å². The van der Waals surface area contributed by atoms with Gasteiger partial charge >= 0.3 is 0 Å². The lowest BCUT2D eigenvalue weighted by Crippen LogP contribution is -2.15. The van der Waals surface area contributed by atoms with Gasteiger partial charge in [-0.25, -0.2) is 0 Å². The summed E-state index contributed by atoms with van der Waals surface area (Å²) in [5, 5.41) is 11.0. The lowest BCUT2D eigenvalue weighted by Gasteiger charge is -2.00. The Morgan fingerprint density at radius 2 is 2.29 bits per heavy atom. The molecule has 1 saturated carbocycles. The summed E-state index contributed by atoms with van der Waals surface area (Å²) in [4.78, 5) is 0. The van der Waals surface area contributed by atoms with Crippen molar-refractivity contribution in [1.29, 1.82) is 0 Å². The van der Waals surface area contributed by atoms with E-state index in [2.05, 4.69) is 15.5 Å². The van der Waals surface area contributed by atoms with Crippen molar-refractivity contribution in [2.24, 2.45) is 5.92 Å². The number of aryl methyl sites for hydroxylation is 1. The van der Waals surface area contributed by atoms with E-state index in [4.69, 9.17) is 4.42 Å². The summed E-state index contributed by atoms with van der Waals surface area (Å²) in [7, 11) is 0. The number of hydrogen-bond donors (Lipinski definition) is 1. The van der Waals surface area contributed by atoms with Crippen LogP contribution in [0.1, 0.15) is 37.5 Å². The minimum Gasteiger partial charge on any atom is -0.424 e. The quantitative estimate of drug-likeness (QED) is 0.701. The van der Waals surface area contributed by atoms with E-state index >= 15 is 0 Å². The highest BCUT2D eigenvalue weighted by Crippen LogP contribution is 2.33. The number of aromatic nitrogens is 2. The Kier molecular flexibility index (Phi) is 3.14. The van der Waals surface area contributed by atoms with Crippen molar-refractivity contribution in [3.05, 3.63) is 11.8 Å². The summed E-state index contributed by atoms with van der Waals surface area (Å²) in [6, 6.07) is 0. The molecule has 0 bridgehead atoms. The molecule has 1 aromatic heterocycles. The van der Waals surface area contributed by atoms with Crippen molar-refractivity contribution in [2.45, 2.75) is 39.2 Å². The van der Waals surface area contributed by atoms with Crippen molar-refractivity contribution in [3.63, 3.8) is 0 Å². The fraction of sp³-hybridized carbons (Fsp3) is 0.800. The zero-order valence-electron chi connectivity index (χ0n) is 8.62. The van der Waals surface area contributed by atoms with Crippen LogP contribution in [-0.2, 0) is 6.54 Å². The lowest BCUT2D eigenvalue weighted by atomic mass is 10.2. The Labute approximate surface area is 84.1 Å². The van der Waals surface area contributed by atoms with Gasteiger partial charge in [0.1, 0.15) is 0 Å². The zero-order valence-corrected chi connectivity index (χ0v) is 8.62. The molecule has 1 aliphatic rings. The van der Waals surface area contributed by atoms with Gasteiger partial charge in [0.2, 0.25) is 11.8 Å². The van der Waals surface area contributed by atoms with E-state index in [9.17, 15) is 0 Å². The Morgan fingerprint density at radius 1 is 1.43 bits per heavy atom. The molecule has 0 amide bonds. The van der Waals surface area contributed by atoms with Gasteiger partial charge in [0.15, 0.2) is 0 Å². The Balaban J connectivity index is 1.53. The predicted molar refractivity (Wildman–Crippen MR) is 52.7 cm³/mol. The molecule has 1 heterocycles. The van der Waals surface area contributed by atoms with E-state index < -0.39 is 0 Å². The molecule has 0 spiro atoms. The molecule has 1 aromatic rings. The monoisotopic (exact) mass is 195 g/mol. The second kappa shape index (κ2) is 4.55. The summed E-state index contributed by atoms with van der Waals surface area (Å²) in [5.74, 6) is 2.36. The Bertz CT molecular complexity index is 281. The molecule has 0 saturated heterocycles. The average molecular weight is 195 g/mol. The predicted octanol–water partition coefficient (Wildman–Crippen LogP) is 1.66. The van der Waals surface area contributed by atoms with Crippen LogP contribution in [0.5, 0.6) is 0 Å². The van der Waals surface area contributed by atoms with Crippen molar-refractivity contribution in [2.75, 3.05) is 6.54 Å². The Hall–Kier alpha value is -0.900. The molecule has 0 unspecified atom stereocenters. The van der Waals surface area contributed by atoms with Gasteiger partial charge in [0.25, 0.3) is 0 Å². The normalized spacial score (nSPS) is 16.1. The highest BCUT2D eigenvalue weighted by Gasteiger charge is 2.19. The fourth-order valence-corrected chi connectivity index (χ4v) is 1.53. The van der Waals surface area contributed by atoms with Crippen LogP contribution in [0.3, 0.4) is 0 Å². The molecular formula is C10H17N3O. The third-order valence-electron chi connectivity index (χ3n) is 2.51. The molecule has 1 fully saturated rings. The minimum absolute atomic E-state index is 0.639. The first-order valence-electron chi connectivity index (χ1n) is 5.34.